The van der Waals surface area contributed by atoms with Gasteiger partial charge in [0.1, 0.15) is 0 Å². The van der Waals surface area contributed by atoms with Gasteiger partial charge in [-0.15, -0.1) is 12.4 Å². The summed E-state index contributed by atoms with van der Waals surface area (Å²) in [7, 11) is 1.81. The van der Waals surface area contributed by atoms with Crippen molar-refractivity contribution in [1.82, 2.24) is 10.2 Å². The first-order valence-electron chi connectivity index (χ1n) is 8.19. The van der Waals surface area contributed by atoms with Crippen LogP contribution in [0.5, 0.6) is 0 Å². The lowest BCUT2D eigenvalue weighted by molar-refractivity contribution is -0.132. The Bertz CT molecular complexity index is 344. The third kappa shape index (κ3) is 7.45. The second kappa shape index (κ2) is 10.8. The minimum Gasteiger partial charge on any atom is -0.346 e. The first-order chi connectivity index (χ1) is 9.91. The average molecular weight is 334 g/mol. The van der Waals surface area contributed by atoms with Gasteiger partial charge in [-0.1, -0.05) is 46.0 Å². The van der Waals surface area contributed by atoms with Gasteiger partial charge in [-0.3, -0.25) is 9.59 Å². The summed E-state index contributed by atoms with van der Waals surface area (Å²) < 4.78 is 0. The van der Waals surface area contributed by atoms with Gasteiger partial charge in [0.15, 0.2) is 0 Å². The van der Waals surface area contributed by atoms with Crippen LogP contribution in [0.25, 0.3) is 0 Å². The molecular weight excluding hydrogens is 302 g/mol. The lowest BCUT2D eigenvalue weighted by Crippen LogP contribution is -2.47. The van der Waals surface area contributed by atoms with Crippen LogP contribution < -0.4 is 11.1 Å². The van der Waals surface area contributed by atoms with E-state index < -0.39 is 6.04 Å². The van der Waals surface area contributed by atoms with Gasteiger partial charge in [0.2, 0.25) is 11.8 Å². The monoisotopic (exact) mass is 333 g/mol. The number of halogens is 1. The van der Waals surface area contributed by atoms with Crippen molar-refractivity contribution >= 4 is 24.2 Å². The van der Waals surface area contributed by atoms with Crippen LogP contribution in [0.1, 0.15) is 52.4 Å². The van der Waals surface area contributed by atoms with Crippen molar-refractivity contribution in [3.05, 3.63) is 0 Å². The Morgan fingerprint density at radius 2 is 1.82 bits per heavy atom. The Balaban J connectivity index is 0.00000441. The van der Waals surface area contributed by atoms with Crippen LogP contribution in [0.2, 0.25) is 0 Å². The number of rotatable bonds is 7. The molecule has 3 N–H and O–H groups in total. The summed E-state index contributed by atoms with van der Waals surface area (Å²) in [6.07, 6.45) is 7.66. The third-order valence-corrected chi connectivity index (χ3v) is 4.46. The number of nitrogens with one attached hydrogen (secondary N) is 1. The maximum Gasteiger partial charge on any atom is 0.241 e. The number of hydrogen-bond acceptors (Lipinski definition) is 3. The number of carbonyl (C=O) groups excluding carboxylic acids is 2. The molecule has 1 fully saturated rings. The highest BCUT2D eigenvalue weighted by molar-refractivity contribution is 5.87. The topological polar surface area (TPSA) is 75.4 Å². The molecule has 1 aliphatic carbocycles. The van der Waals surface area contributed by atoms with Crippen LogP contribution in [0, 0.1) is 11.8 Å². The second-order valence-corrected chi connectivity index (χ2v) is 6.60. The molecule has 1 aliphatic rings. The molecule has 0 aliphatic heterocycles. The zero-order valence-corrected chi connectivity index (χ0v) is 15.0. The molecule has 0 radical (unpaired) electrons. The molecule has 130 valence electrons. The van der Waals surface area contributed by atoms with Crippen LogP contribution in [-0.4, -0.2) is 42.9 Å². The van der Waals surface area contributed by atoms with Gasteiger partial charge in [0.05, 0.1) is 12.6 Å². The highest BCUT2D eigenvalue weighted by atomic mass is 35.5. The summed E-state index contributed by atoms with van der Waals surface area (Å²) in [6, 6.07) is -0.551. The van der Waals surface area contributed by atoms with E-state index in [-0.39, 0.29) is 36.7 Å². The van der Waals surface area contributed by atoms with E-state index in [0.717, 1.165) is 18.9 Å². The smallest absolute Gasteiger partial charge is 0.241 e. The van der Waals surface area contributed by atoms with Crippen LogP contribution >= 0.6 is 12.4 Å². The van der Waals surface area contributed by atoms with E-state index in [1.165, 1.54) is 32.1 Å². The first kappa shape index (κ1) is 21.2. The molecule has 0 aromatic carbocycles. The molecule has 2 amide bonds. The number of carbonyl (C=O) groups is 2. The van der Waals surface area contributed by atoms with E-state index in [0.29, 0.717) is 0 Å². The molecule has 0 aromatic heterocycles. The summed E-state index contributed by atoms with van der Waals surface area (Å²) in [5, 5.41) is 2.63. The minimum atomic E-state index is -0.551. The van der Waals surface area contributed by atoms with Crippen molar-refractivity contribution in [2.24, 2.45) is 17.6 Å². The van der Waals surface area contributed by atoms with E-state index in [1.807, 2.05) is 13.8 Å². The van der Waals surface area contributed by atoms with Crippen molar-refractivity contribution in [2.75, 3.05) is 20.1 Å². The van der Waals surface area contributed by atoms with Crippen LogP contribution in [0.4, 0.5) is 0 Å². The quantitative estimate of drug-likeness (QED) is 0.747. The molecule has 6 heteroatoms. The van der Waals surface area contributed by atoms with E-state index in [9.17, 15) is 9.59 Å². The molecule has 0 unspecified atom stereocenters. The normalized spacial score (nSPS) is 16.8. The second-order valence-electron chi connectivity index (χ2n) is 6.60. The Kier molecular flexibility index (Phi) is 10.4. The standard InChI is InChI=1S/C16H31N3O2.ClH/c1-12(2)15(17)16(21)18-11-14(20)19(3)10-9-13-7-5-4-6-8-13;/h12-13,15H,4-11,17H2,1-3H3,(H,18,21);1H/t15-;/m0./s1. The highest BCUT2D eigenvalue weighted by Gasteiger charge is 2.19. The largest absolute Gasteiger partial charge is 0.346 e. The third-order valence-electron chi connectivity index (χ3n) is 4.46. The molecule has 1 saturated carbocycles. The number of nitrogens with two attached hydrogens (primary N) is 1. The highest BCUT2D eigenvalue weighted by Crippen LogP contribution is 2.26. The number of amides is 2. The molecule has 0 heterocycles. The van der Waals surface area contributed by atoms with E-state index in [1.54, 1.807) is 11.9 Å². The van der Waals surface area contributed by atoms with Gasteiger partial charge >= 0.3 is 0 Å². The van der Waals surface area contributed by atoms with Crippen molar-refractivity contribution in [3.63, 3.8) is 0 Å². The molecule has 1 atom stereocenters. The fraction of sp³-hybridized carbons (Fsp3) is 0.875. The van der Waals surface area contributed by atoms with Crippen LogP contribution in [-0.2, 0) is 9.59 Å². The molecule has 22 heavy (non-hydrogen) atoms. The molecule has 5 nitrogen and oxygen atoms in total. The molecule has 1 rings (SSSR count). The summed E-state index contributed by atoms with van der Waals surface area (Å²) in [5.74, 6) is 0.538. The summed E-state index contributed by atoms with van der Waals surface area (Å²) >= 11 is 0. The summed E-state index contributed by atoms with van der Waals surface area (Å²) in [6.45, 7) is 4.60. The van der Waals surface area contributed by atoms with Gasteiger partial charge in [-0.2, -0.15) is 0 Å². The number of nitrogens with zero attached hydrogens (tertiary/aromatic N) is 1. The van der Waals surface area contributed by atoms with Crippen molar-refractivity contribution in [3.8, 4) is 0 Å². The van der Waals surface area contributed by atoms with Gasteiger partial charge in [-0.05, 0) is 18.3 Å². The maximum atomic E-state index is 12.0. The Labute approximate surface area is 140 Å². The fourth-order valence-electron chi connectivity index (χ4n) is 2.70. The predicted octanol–water partition coefficient (Wildman–Crippen LogP) is 1.94. The zero-order valence-electron chi connectivity index (χ0n) is 14.1. The first-order valence-corrected chi connectivity index (χ1v) is 8.19. The summed E-state index contributed by atoms with van der Waals surface area (Å²) in [5.41, 5.74) is 5.74. The van der Waals surface area contributed by atoms with Crippen molar-refractivity contribution in [1.29, 1.82) is 0 Å². The van der Waals surface area contributed by atoms with E-state index in [2.05, 4.69) is 5.32 Å². The lowest BCUT2D eigenvalue weighted by Gasteiger charge is -2.25. The molecule has 0 aromatic rings. The van der Waals surface area contributed by atoms with E-state index >= 15 is 0 Å². The molecule has 0 saturated heterocycles. The lowest BCUT2D eigenvalue weighted by atomic mass is 9.87. The van der Waals surface area contributed by atoms with Crippen molar-refractivity contribution in [2.45, 2.75) is 58.4 Å². The van der Waals surface area contributed by atoms with Gasteiger partial charge in [0.25, 0.3) is 0 Å². The van der Waals surface area contributed by atoms with Gasteiger partial charge in [-0.25, -0.2) is 0 Å². The Hall–Kier alpha value is -0.810. The minimum absolute atomic E-state index is 0. The van der Waals surface area contributed by atoms with Gasteiger partial charge < -0.3 is 16.0 Å². The Morgan fingerprint density at radius 1 is 1.23 bits per heavy atom. The predicted molar refractivity (Wildman–Crippen MR) is 91.9 cm³/mol. The molecule has 0 spiro atoms. The number of hydrogen-bond donors (Lipinski definition) is 2. The molecular formula is C16H32ClN3O2. The van der Waals surface area contributed by atoms with Gasteiger partial charge in [0, 0.05) is 13.6 Å². The van der Waals surface area contributed by atoms with E-state index in [4.69, 9.17) is 5.73 Å². The molecule has 0 bridgehead atoms. The van der Waals surface area contributed by atoms with Crippen molar-refractivity contribution < 1.29 is 9.59 Å². The fourth-order valence-corrected chi connectivity index (χ4v) is 2.70. The number of likely N-dealkylation sites (N-methyl/N-ethyl adjacent to an activating group) is 1. The maximum absolute atomic E-state index is 12.0. The van der Waals surface area contributed by atoms with Crippen LogP contribution in [0.15, 0.2) is 0 Å². The SMILES string of the molecule is CC(C)[C@H](N)C(=O)NCC(=O)N(C)CCC1CCCCC1.Cl. The summed E-state index contributed by atoms with van der Waals surface area (Å²) in [4.78, 5) is 25.4. The zero-order chi connectivity index (χ0) is 15.8. The average Bonchev–Trinajstić information content (AvgIpc) is 2.49. The van der Waals surface area contributed by atoms with Crippen LogP contribution in [0.3, 0.4) is 0 Å². The Morgan fingerprint density at radius 3 is 2.36 bits per heavy atom.